The van der Waals surface area contributed by atoms with Crippen LogP contribution in [-0.2, 0) is 4.74 Å². The topological polar surface area (TPSA) is 202 Å². The molecule has 1 fully saturated rings. The molecule has 39 heavy (non-hydrogen) atoms. The van der Waals surface area contributed by atoms with Crippen LogP contribution >= 0.6 is 0 Å². The Morgan fingerprint density at radius 3 is 2.56 bits per heavy atom. The number of aryl methyl sites for hydroxylation is 1. The third-order valence-electron chi connectivity index (χ3n) is 6.91. The first kappa shape index (κ1) is 28.5. The van der Waals surface area contributed by atoms with Crippen molar-refractivity contribution >= 4 is 22.8 Å². The number of aromatic hydroxyl groups is 1. The smallest absolute Gasteiger partial charge is 0.234 e. The van der Waals surface area contributed by atoms with Gasteiger partial charge in [0.25, 0.3) is 0 Å². The van der Waals surface area contributed by atoms with Gasteiger partial charge in [-0.05, 0) is 42.0 Å². The molecule has 0 radical (unpaired) electrons. The van der Waals surface area contributed by atoms with Gasteiger partial charge in [-0.2, -0.15) is 0 Å². The summed E-state index contributed by atoms with van der Waals surface area (Å²) >= 11 is 0. The van der Waals surface area contributed by atoms with Gasteiger partial charge in [-0.15, -0.1) is 5.76 Å². The van der Waals surface area contributed by atoms with E-state index in [9.17, 15) is 40.5 Å². The number of aliphatic imine (C=N–C) groups is 1. The summed E-state index contributed by atoms with van der Waals surface area (Å²) in [5.74, 6) is -1.11. The second-order valence-electron chi connectivity index (χ2n) is 9.43. The minimum Gasteiger partial charge on any atom is -0.875 e. The molecular formula is C27H30NO11-. The average Bonchev–Trinajstić information content (AvgIpc) is 3.46. The summed E-state index contributed by atoms with van der Waals surface area (Å²) in [6.45, 7) is -0.202. The molecule has 5 unspecified atom stereocenters. The zero-order valence-corrected chi connectivity index (χ0v) is 21.3. The van der Waals surface area contributed by atoms with Gasteiger partial charge in [-0.25, -0.2) is 0 Å². The van der Waals surface area contributed by atoms with Gasteiger partial charge in [0.1, 0.15) is 35.6 Å². The first-order chi connectivity index (χ1) is 18.5. The highest BCUT2D eigenvalue weighted by atomic mass is 16.7. The number of ether oxygens (including phenoxy) is 3. The molecule has 2 aromatic carbocycles. The molecule has 1 saturated heterocycles. The highest BCUT2D eigenvalue weighted by Crippen LogP contribution is 2.43. The first-order valence-electron chi connectivity index (χ1n) is 12.1. The molecule has 0 bridgehead atoms. The lowest BCUT2D eigenvalue weighted by molar-refractivity contribution is -0.327. The molecular weight excluding hydrogens is 514 g/mol. The number of allylic oxidation sites excluding steroid dienone is 3. The third kappa shape index (κ3) is 5.22. The van der Waals surface area contributed by atoms with Crippen LogP contribution in [0.2, 0.25) is 0 Å². The number of ketones is 1. The monoisotopic (exact) mass is 544 g/mol. The maximum atomic E-state index is 13.2. The quantitative estimate of drug-likeness (QED) is 0.177. The Morgan fingerprint density at radius 1 is 1.21 bits per heavy atom. The van der Waals surface area contributed by atoms with Gasteiger partial charge in [0.05, 0.1) is 31.3 Å². The summed E-state index contributed by atoms with van der Waals surface area (Å²) in [7, 11) is 1.39. The van der Waals surface area contributed by atoms with Crippen molar-refractivity contribution in [1.82, 2.24) is 0 Å². The van der Waals surface area contributed by atoms with Crippen molar-refractivity contribution in [2.24, 2.45) is 4.99 Å². The predicted octanol–water partition coefficient (Wildman–Crippen LogP) is -0.421. The number of carbonyl (C=O) groups excluding carboxylic acids is 1. The Balaban J connectivity index is 1.76. The Kier molecular flexibility index (Phi) is 8.25. The number of phenolic OH excluding ortho intramolecular Hbond substituents is 1. The fourth-order valence-corrected chi connectivity index (χ4v) is 4.67. The molecule has 2 heterocycles. The number of nitrogens with zero attached hydrogens (tertiary/aromatic N) is 1. The van der Waals surface area contributed by atoms with E-state index in [-0.39, 0.29) is 41.0 Å². The van der Waals surface area contributed by atoms with Gasteiger partial charge >= 0.3 is 0 Å². The summed E-state index contributed by atoms with van der Waals surface area (Å²) in [4.78, 5) is 17.0. The summed E-state index contributed by atoms with van der Waals surface area (Å²) < 4.78 is 16.6. The second-order valence-corrected chi connectivity index (χ2v) is 9.43. The van der Waals surface area contributed by atoms with E-state index in [1.165, 1.54) is 25.6 Å². The molecule has 0 amide bonds. The lowest BCUT2D eigenvalue weighted by Gasteiger charge is -2.46. The molecule has 4 rings (SSSR count). The van der Waals surface area contributed by atoms with Crippen LogP contribution < -0.4 is 14.6 Å². The van der Waals surface area contributed by atoms with Crippen LogP contribution in [0.5, 0.6) is 17.2 Å². The molecule has 0 spiro atoms. The zero-order valence-electron chi connectivity index (χ0n) is 21.3. The van der Waals surface area contributed by atoms with Crippen molar-refractivity contribution in [2.45, 2.75) is 50.0 Å². The van der Waals surface area contributed by atoms with E-state index >= 15 is 0 Å². The normalized spacial score (nSPS) is 27.7. The molecule has 0 aliphatic carbocycles. The molecule has 0 aromatic heterocycles. The zero-order chi connectivity index (χ0) is 28.5. The summed E-state index contributed by atoms with van der Waals surface area (Å²) in [5.41, 5.74) is -1.76. The number of phenols is 1. The van der Waals surface area contributed by atoms with Crippen molar-refractivity contribution in [3.63, 3.8) is 0 Å². The van der Waals surface area contributed by atoms with E-state index in [2.05, 4.69) is 4.99 Å². The van der Waals surface area contributed by atoms with Crippen LogP contribution in [0.3, 0.4) is 0 Å². The minimum atomic E-state index is -2.52. The Morgan fingerprint density at radius 2 is 1.95 bits per heavy atom. The molecule has 2 aromatic rings. The Bertz CT molecular complexity index is 1340. The number of benzene rings is 2. The molecule has 12 heteroatoms. The van der Waals surface area contributed by atoms with E-state index in [1.54, 1.807) is 25.1 Å². The van der Waals surface area contributed by atoms with Gasteiger partial charge in [0.2, 0.25) is 6.29 Å². The standard InChI is InChI=1S/C27H31NO11/c1-13-7-15-8-16(37-2)9-19(38-26-27(36,12-30)25(35)23(33)20(11-29)39-26)22(15)24(34)21(13)18(32)4-3-17(31)14-5-6-28-10-14/h5-10,20,23,25-26,29-31,33-36H,3-4,11-12H2,1-2H3/p-1. The Labute approximate surface area is 223 Å². The molecule has 5 atom stereocenters. The van der Waals surface area contributed by atoms with Crippen LogP contribution in [0.1, 0.15) is 28.8 Å². The third-order valence-corrected chi connectivity index (χ3v) is 6.91. The minimum absolute atomic E-state index is 0.0290. The van der Waals surface area contributed by atoms with Crippen molar-refractivity contribution < 1.29 is 54.8 Å². The van der Waals surface area contributed by atoms with Crippen LogP contribution in [0.25, 0.3) is 10.8 Å². The van der Waals surface area contributed by atoms with E-state index in [0.29, 0.717) is 16.5 Å². The van der Waals surface area contributed by atoms with Crippen molar-refractivity contribution in [1.29, 1.82) is 0 Å². The molecule has 2 aliphatic heterocycles. The van der Waals surface area contributed by atoms with Crippen LogP contribution in [0.4, 0.5) is 0 Å². The molecule has 2 aliphatic rings. The van der Waals surface area contributed by atoms with Crippen LogP contribution in [0.15, 0.2) is 46.8 Å². The average molecular weight is 545 g/mol. The number of carbonyl (C=O) groups is 1. The SMILES string of the molecule is COc1cc(OC2OC(CO)C(O)C(O)C2(O)CO)c2c(O)c(C(=O)CCC([O-])=C3C=CN=C3)c(C)cc2c1. The highest BCUT2D eigenvalue weighted by molar-refractivity contribution is 6.08. The fraction of sp³-hybridized carbons (Fsp3) is 0.407. The van der Waals surface area contributed by atoms with Gasteiger partial charge in [-0.3, -0.25) is 9.79 Å². The maximum Gasteiger partial charge on any atom is 0.234 e. The molecule has 12 nitrogen and oxygen atoms in total. The van der Waals surface area contributed by atoms with E-state index in [4.69, 9.17) is 14.2 Å². The summed E-state index contributed by atoms with van der Waals surface area (Å²) in [6, 6.07) is 4.52. The van der Waals surface area contributed by atoms with Crippen LogP contribution in [-0.4, -0.2) is 93.2 Å². The number of methoxy groups -OCH3 is 1. The number of fused-ring (bicyclic) bond motifs is 1. The van der Waals surface area contributed by atoms with Gasteiger partial charge < -0.3 is 50.0 Å². The predicted molar refractivity (Wildman–Crippen MR) is 136 cm³/mol. The second kappa shape index (κ2) is 11.3. The Hall–Kier alpha value is -3.52. The number of rotatable bonds is 9. The number of aliphatic hydroxyl groups excluding tert-OH is 4. The van der Waals surface area contributed by atoms with E-state index < -0.39 is 54.9 Å². The first-order valence-corrected chi connectivity index (χ1v) is 12.1. The molecule has 6 N–H and O–H groups in total. The van der Waals surface area contributed by atoms with Crippen LogP contribution in [0, 0.1) is 6.92 Å². The van der Waals surface area contributed by atoms with E-state index in [1.807, 2.05) is 0 Å². The number of hydrogen-bond donors (Lipinski definition) is 6. The lowest BCUT2D eigenvalue weighted by Crippen LogP contribution is -2.69. The van der Waals surface area contributed by atoms with E-state index in [0.717, 1.165) is 0 Å². The fourth-order valence-electron chi connectivity index (χ4n) is 4.67. The molecule has 210 valence electrons. The number of Topliss-reactive ketones (excluding diaryl/α,β-unsaturated/α-hetero) is 1. The molecule has 0 saturated carbocycles. The summed E-state index contributed by atoms with van der Waals surface area (Å²) in [5, 5.41) is 75.0. The van der Waals surface area contributed by atoms with Crippen molar-refractivity contribution in [3.8, 4) is 17.2 Å². The summed E-state index contributed by atoms with van der Waals surface area (Å²) in [6.07, 6.45) is -2.74. The number of hydrogen-bond acceptors (Lipinski definition) is 12. The van der Waals surface area contributed by atoms with Crippen molar-refractivity contribution in [2.75, 3.05) is 20.3 Å². The van der Waals surface area contributed by atoms with Gasteiger partial charge in [-0.1, -0.05) is 6.07 Å². The maximum absolute atomic E-state index is 13.2. The highest BCUT2D eigenvalue weighted by Gasteiger charge is 2.56. The lowest BCUT2D eigenvalue weighted by atomic mass is 9.87. The van der Waals surface area contributed by atoms with Crippen molar-refractivity contribution in [3.05, 3.63) is 52.9 Å². The largest absolute Gasteiger partial charge is 0.875 e. The number of aliphatic hydroxyl groups is 5. The van der Waals surface area contributed by atoms with Gasteiger partial charge in [0, 0.05) is 24.9 Å². The van der Waals surface area contributed by atoms with Gasteiger partial charge in [0.15, 0.2) is 11.4 Å².